The Morgan fingerprint density at radius 1 is 0.943 bits per heavy atom. The molecule has 2 aromatic carbocycles. The van der Waals surface area contributed by atoms with Gasteiger partial charge in [0.1, 0.15) is 5.82 Å². The summed E-state index contributed by atoms with van der Waals surface area (Å²) in [5.74, 6) is 2.25. The zero-order chi connectivity index (χ0) is 25.0. The van der Waals surface area contributed by atoms with E-state index in [1.807, 2.05) is 43.3 Å². The van der Waals surface area contributed by atoms with Crippen molar-refractivity contribution >= 4 is 55.9 Å². The van der Waals surface area contributed by atoms with E-state index in [9.17, 15) is 8.42 Å². The average Bonchev–Trinajstić information content (AvgIpc) is 2.80. The summed E-state index contributed by atoms with van der Waals surface area (Å²) >= 11 is 12.0. The summed E-state index contributed by atoms with van der Waals surface area (Å²) in [5.41, 5.74) is 1.50. The van der Waals surface area contributed by atoms with Crippen molar-refractivity contribution in [3.63, 3.8) is 0 Å². The Bertz CT molecular complexity index is 1260. The maximum atomic E-state index is 12.5. The molecule has 1 fully saturated rings. The van der Waals surface area contributed by atoms with Crippen molar-refractivity contribution < 1.29 is 8.42 Å². The van der Waals surface area contributed by atoms with E-state index in [4.69, 9.17) is 28.2 Å². The maximum Gasteiger partial charge on any atom is 0.225 e. The zero-order valence-electron chi connectivity index (χ0n) is 20.0. The second-order valence-electron chi connectivity index (χ2n) is 9.44. The first-order valence-corrected chi connectivity index (χ1v) is 14.2. The third-order valence-electron chi connectivity index (χ3n) is 6.39. The van der Waals surface area contributed by atoms with Crippen LogP contribution in [0.15, 0.2) is 42.5 Å². The van der Waals surface area contributed by atoms with Gasteiger partial charge in [0.25, 0.3) is 0 Å². The topological polar surface area (TPSA) is 87.2 Å². The SMILES string of the molecule is CN(C)c1nc(NCC2CCC(CNS(=O)(=O)Cc3cc(Cl)cc(Cl)c3)CC2)nc2ccccc12. The highest BCUT2D eigenvalue weighted by atomic mass is 35.5. The fraction of sp³-hybridized carbons (Fsp3) is 0.440. The van der Waals surface area contributed by atoms with Crippen LogP contribution in [0.5, 0.6) is 0 Å². The van der Waals surface area contributed by atoms with Crippen molar-refractivity contribution in [3.05, 3.63) is 58.1 Å². The van der Waals surface area contributed by atoms with Crippen LogP contribution in [0.1, 0.15) is 31.2 Å². The number of aromatic nitrogens is 2. The number of benzene rings is 2. The molecule has 1 aliphatic carbocycles. The Balaban J connectivity index is 1.26. The molecule has 35 heavy (non-hydrogen) atoms. The lowest BCUT2D eigenvalue weighted by Gasteiger charge is -2.28. The monoisotopic (exact) mass is 535 g/mol. The molecular formula is C25H31Cl2N5O2S. The molecule has 0 unspecified atom stereocenters. The van der Waals surface area contributed by atoms with Crippen LogP contribution < -0.4 is 14.9 Å². The lowest BCUT2D eigenvalue weighted by atomic mass is 9.82. The highest BCUT2D eigenvalue weighted by Gasteiger charge is 2.23. The number of rotatable bonds is 9. The van der Waals surface area contributed by atoms with E-state index in [0.29, 0.717) is 39.9 Å². The van der Waals surface area contributed by atoms with Crippen LogP contribution in [-0.2, 0) is 15.8 Å². The van der Waals surface area contributed by atoms with Gasteiger partial charge in [0, 0.05) is 42.6 Å². The molecule has 7 nitrogen and oxygen atoms in total. The molecule has 1 saturated carbocycles. The third kappa shape index (κ3) is 7.19. The number of sulfonamides is 1. The van der Waals surface area contributed by atoms with Crippen LogP contribution in [0.25, 0.3) is 10.9 Å². The van der Waals surface area contributed by atoms with Crippen molar-refractivity contribution in [3.8, 4) is 0 Å². The van der Waals surface area contributed by atoms with Gasteiger partial charge < -0.3 is 10.2 Å². The lowest BCUT2D eigenvalue weighted by molar-refractivity contribution is 0.284. The maximum absolute atomic E-state index is 12.5. The number of hydrogen-bond donors (Lipinski definition) is 2. The quantitative estimate of drug-likeness (QED) is 0.384. The Labute approximate surface area is 217 Å². The van der Waals surface area contributed by atoms with Crippen molar-refractivity contribution in [1.82, 2.24) is 14.7 Å². The van der Waals surface area contributed by atoms with E-state index in [1.54, 1.807) is 18.2 Å². The van der Waals surface area contributed by atoms with Crippen molar-refractivity contribution in [2.75, 3.05) is 37.4 Å². The summed E-state index contributed by atoms with van der Waals surface area (Å²) in [6, 6.07) is 12.9. The fourth-order valence-corrected chi connectivity index (χ4v) is 6.33. The summed E-state index contributed by atoms with van der Waals surface area (Å²) < 4.78 is 27.8. The Morgan fingerprint density at radius 2 is 1.57 bits per heavy atom. The van der Waals surface area contributed by atoms with Crippen LogP contribution in [0.3, 0.4) is 0 Å². The molecule has 3 aromatic rings. The molecule has 0 bridgehead atoms. The minimum absolute atomic E-state index is 0.132. The van der Waals surface area contributed by atoms with E-state index >= 15 is 0 Å². The van der Waals surface area contributed by atoms with Gasteiger partial charge in [-0.05, 0) is 73.4 Å². The number of anilines is 2. The molecule has 2 N–H and O–H groups in total. The second-order valence-corrected chi connectivity index (χ2v) is 12.1. The highest BCUT2D eigenvalue weighted by Crippen LogP contribution is 2.29. The normalized spacial score (nSPS) is 18.5. The van der Waals surface area contributed by atoms with Crippen molar-refractivity contribution in [2.24, 2.45) is 11.8 Å². The molecule has 188 valence electrons. The fourth-order valence-electron chi connectivity index (χ4n) is 4.56. The Kier molecular flexibility index (Phi) is 8.37. The summed E-state index contributed by atoms with van der Waals surface area (Å²) in [5, 5.41) is 5.32. The largest absolute Gasteiger partial charge is 0.362 e. The first kappa shape index (κ1) is 25.9. The molecular weight excluding hydrogens is 505 g/mol. The summed E-state index contributed by atoms with van der Waals surface area (Å²) in [6.07, 6.45) is 4.05. The molecule has 0 spiro atoms. The van der Waals surface area contributed by atoms with Gasteiger partial charge in [-0.15, -0.1) is 0 Å². The predicted octanol–water partition coefficient (Wildman–Crippen LogP) is 5.34. The average molecular weight is 537 g/mol. The predicted molar refractivity (Wildman–Crippen MR) is 145 cm³/mol. The van der Waals surface area contributed by atoms with Gasteiger partial charge in [0.05, 0.1) is 11.3 Å². The van der Waals surface area contributed by atoms with Gasteiger partial charge in [0.15, 0.2) is 0 Å². The van der Waals surface area contributed by atoms with Crippen LogP contribution in [-0.4, -0.2) is 45.6 Å². The van der Waals surface area contributed by atoms with E-state index < -0.39 is 10.0 Å². The number of halogens is 2. The van der Waals surface area contributed by atoms with Gasteiger partial charge in [-0.3, -0.25) is 0 Å². The van der Waals surface area contributed by atoms with Crippen LogP contribution in [0.4, 0.5) is 11.8 Å². The third-order valence-corrected chi connectivity index (χ3v) is 8.15. The van der Waals surface area contributed by atoms with E-state index in [-0.39, 0.29) is 5.75 Å². The Morgan fingerprint density at radius 3 is 2.23 bits per heavy atom. The molecule has 1 heterocycles. The van der Waals surface area contributed by atoms with Gasteiger partial charge in [0.2, 0.25) is 16.0 Å². The Hall–Kier alpha value is -2.13. The summed E-state index contributed by atoms with van der Waals surface area (Å²) in [7, 11) is 0.512. The molecule has 10 heteroatoms. The molecule has 0 radical (unpaired) electrons. The van der Waals surface area contributed by atoms with Gasteiger partial charge in [-0.1, -0.05) is 35.3 Å². The standard InChI is InChI=1S/C25H31Cl2N5O2S/c1-32(2)24-22-5-3-4-6-23(22)30-25(31-24)28-14-17-7-9-18(10-8-17)15-29-35(33,34)16-19-11-20(26)13-21(27)12-19/h3-6,11-13,17-18,29H,7-10,14-16H2,1-2H3,(H,28,30,31). The highest BCUT2D eigenvalue weighted by molar-refractivity contribution is 7.88. The van der Waals surface area contributed by atoms with Crippen LogP contribution in [0.2, 0.25) is 10.0 Å². The summed E-state index contributed by atoms with van der Waals surface area (Å²) in [4.78, 5) is 11.4. The first-order chi connectivity index (χ1) is 16.7. The van der Waals surface area contributed by atoms with E-state index in [1.165, 1.54) is 0 Å². The number of fused-ring (bicyclic) bond motifs is 1. The number of nitrogens with zero attached hydrogens (tertiary/aromatic N) is 3. The molecule has 0 saturated heterocycles. The van der Waals surface area contributed by atoms with E-state index in [2.05, 4.69) is 15.0 Å². The number of nitrogens with one attached hydrogen (secondary N) is 2. The van der Waals surface area contributed by atoms with Crippen molar-refractivity contribution in [1.29, 1.82) is 0 Å². The minimum atomic E-state index is -3.46. The van der Waals surface area contributed by atoms with Gasteiger partial charge in [-0.25, -0.2) is 18.1 Å². The first-order valence-electron chi connectivity index (χ1n) is 11.8. The van der Waals surface area contributed by atoms with Crippen molar-refractivity contribution in [2.45, 2.75) is 31.4 Å². The van der Waals surface area contributed by atoms with Crippen LogP contribution >= 0.6 is 23.2 Å². The molecule has 0 amide bonds. The zero-order valence-corrected chi connectivity index (χ0v) is 22.3. The number of hydrogen-bond acceptors (Lipinski definition) is 6. The molecule has 0 aliphatic heterocycles. The van der Waals surface area contributed by atoms with E-state index in [0.717, 1.165) is 48.9 Å². The number of para-hydroxylation sites is 1. The minimum Gasteiger partial charge on any atom is -0.362 e. The van der Waals surface area contributed by atoms with Gasteiger partial charge >= 0.3 is 0 Å². The van der Waals surface area contributed by atoms with Crippen LogP contribution in [0, 0.1) is 11.8 Å². The smallest absolute Gasteiger partial charge is 0.225 e. The second kappa shape index (κ2) is 11.3. The lowest BCUT2D eigenvalue weighted by Crippen LogP contribution is -2.33. The molecule has 4 rings (SSSR count). The molecule has 0 atom stereocenters. The summed E-state index contributed by atoms with van der Waals surface area (Å²) in [6.45, 7) is 1.26. The molecule has 1 aromatic heterocycles. The van der Waals surface area contributed by atoms with Gasteiger partial charge in [-0.2, -0.15) is 4.98 Å². The molecule has 1 aliphatic rings.